The number of rotatable bonds is 27. The molecule has 2 unspecified atom stereocenters. The summed E-state index contributed by atoms with van der Waals surface area (Å²) in [5, 5.41) is 0.521. The third kappa shape index (κ3) is 22.0. The van der Waals surface area contributed by atoms with E-state index in [1.54, 1.807) is 0 Å². The minimum absolute atomic E-state index is 0. The lowest BCUT2D eigenvalue weighted by Crippen LogP contribution is -2.32. The summed E-state index contributed by atoms with van der Waals surface area (Å²) in [7, 11) is 3.49. The highest BCUT2D eigenvalue weighted by Crippen LogP contribution is 2.44. The van der Waals surface area contributed by atoms with Crippen LogP contribution in [0.15, 0.2) is 0 Å². The Bertz CT molecular complexity index is 358. The van der Waals surface area contributed by atoms with E-state index in [0.29, 0.717) is 5.16 Å². The lowest BCUT2D eigenvalue weighted by Gasteiger charge is -2.39. The second kappa shape index (κ2) is 28.3. The van der Waals surface area contributed by atoms with Gasteiger partial charge in [-0.3, -0.25) is 0 Å². The van der Waals surface area contributed by atoms with Crippen LogP contribution in [0.1, 0.15) is 195 Å². The van der Waals surface area contributed by atoms with Crippen molar-refractivity contribution in [3.63, 3.8) is 0 Å². The fourth-order valence-electron chi connectivity index (χ4n) is 5.71. The summed E-state index contributed by atoms with van der Waals surface area (Å²) < 4.78 is 0. The minimum Gasteiger partial charge on any atom is -0.147 e. The van der Waals surface area contributed by atoms with Gasteiger partial charge in [0.15, 0.2) is 0 Å². The van der Waals surface area contributed by atoms with Gasteiger partial charge in [-0.2, -0.15) is 0 Å². The van der Waals surface area contributed by atoms with Crippen molar-refractivity contribution in [2.24, 2.45) is 5.92 Å². The first-order valence-electron chi connectivity index (χ1n) is 15.9. The molecule has 0 heterocycles. The Kier molecular flexibility index (Phi) is 30.7. The maximum Gasteiger partial charge on any atom is -0.0122 e. The Hall–Kier alpha value is 0.720. The zero-order valence-electron chi connectivity index (χ0n) is 24.4. The van der Waals surface area contributed by atoms with Crippen molar-refractivity contribution in [1.82, 2.24) is 0 Å². The summed E-state index contributed by atoms with van der Waals surface area (Å²) in [6, 6.07) is 0. The molecule has 0 bridgehead atoms. The van der Waals surface area contributed by atoms with E-state index in [1.165, 1.54) is 167 Å². The van der Waals surface area contributed by atoms with Crippen molar-refractivity contribution in [3.8, 4) is 0 Å². The van der Waals surface area contributed by atoms with Crippen LogP contribution < -0.4 is 0 Å². The van der Waals surface area contributed by atoms with E-state index in [4.69, 9.17) is 0 Å². The molecule has 0 spiro atoms. The van der Waals surface area contributed by atoms with Crippen LogP contribution in [0.4, 0.5) is 0 Å². The second-order valence-electron chi connectivity index (χ2n) is 11.4. The van der Waals surface area contributed by atoms with Crippen LogP contribution >= 0.6 is 21.6 Å². The van der Waals surface area contributed by atoms with Gasteiger partial charge in [0, 0.05) is 0 Å². The highest BCUT2D eigenvalue weighted by molar-refractivity contribution is 7.19. The van der Waals surface area contributed by atoms with Crippen molar-refractivity contribution in [2.75, 3.05) is 0 Å². The molecule has 0 rings (SSSR count). The number of hydrogen-bond donors (Lipinski definition) is 0. The Labute approximate surface area is 227 Å². The van der Waals surface area contributed by atoms with Crippen LogP contribution in [0.25, 0.3) is 0 Å². The van der Waals surface area contributed by atoms with Gasteiger partial charge in [0.25, 0.3) is 0 Å². The van der Waals surface area contributed by atoms with E-state index in [2.05, 4.69) is 36.9 Å². The zero-order valence-corrected chi connectivity index (χ0v) is 26.4. The van der Waals surface area contributed by atoms with Gasteiger partial charge >= 0.3 is 0 Å². The largest absolute Gasteiger partial charge is 0.147 e. The molecular formula is C32H68ClP. The fraction of sp³-hybridized carbons (Fsp3) is 1.00. The van der Waals surface area contributed by atoms with Crippen molar-refractivity contribution in [1.29, 1.82) is 0 Å². The number of hydrogen-bond acceptors (Lipinski definition) is 0. The van der Waals surface area contributed by atoms with Crippen LogP contribution in [0.5, 0.6) is 0 Å². The standard InChI is InChI=1S/C32H67P.ClH/c1-5-9-13-17-18-19-20-21-22-24-28-31(27-23-14-10-6-2)32(33,29-25-15-11-7-3)30-26-16-12-8-4;/h31H,5-30,33H2,1-4H3;1H. The first-order valence-corrected chi connectivity index (χ1v) is 16.5. The molecule has 2 atom stereocenters. The van der Waals surface area contributed by atoms with Crippen LogP contribution in [-0.2, 0) is 0 Å². The van der Waals surface area contributed by atoms with Crippen molar-refractivity contribution >= 4 is 21.6 Å². The molecule has 0 aromatic carbocycles. The quantitative estimate of drug-likeness (QED) is 0.0748. The van der Waals surface area contributed by atoms with E-state index in [0.717, 1.165) is 5.92 Å². The second-order valence-corrected chi connectivity index (χ2v) is 12.5. The monoisotopic (exact) mass is 518 g/mol. The molecule has 0 amide bonds. The van der Waals surface area contributed by atoms with E-state index in [9.17, 15) is 0 Å². The van der Waals surface area contributed by atoms with Gasteiger partial charge < -0.3 is 0 Å². The SMILES string of the molecule is CCCCCCCCCCCCC(CCCCCC)C(P)(CCCCCC)CCCCCC.Cl. The Morgan fingerprint density at radius 3 is 1.03 bits per heavy atom. The van der Waals surface area contributed by atoms with Gasteiger partial charge in [-0.15, -0.1) is 21.6 Å². The molecule has 0 aliphatic rings. The minimum atomic E-state index is 0. The fourth-order valence-corrected chi connectivity index (χ4v) is 6.45. The zero-order chi connectivity index (χ0) is 24.5. The van der Waals surface area contributed by atoms with E-state index in [-0.39, 0.29) is 12.4 Å². The van der Waals surface area contributed by atoms with Crippen molar-refractivity contribution in [3.05, 3.63) is 0 Å². The van der Waals surface area contributed by atoms with Crippen LogP contribution in [0.2, 0.25) is 0 Å². The molecule has 0 saturated heterocycles. The van der Waals surface area contributed by atoms with Gasteiger partial charge in [-0.1, -0.05) is 169 Å². The molecule has 34 heavy (non-hydrogen) atoms. The molecule has 0 aromatic heterocycles. The molecule has 2 heteroatoms. The summed E-state index contributed by atoms with van der Waals surface area (Å²) in [6.07, 6.45) is 37.6. The Morgan fingerprint density at radius 2 is 0.676 bits per heavy atom. The van der Waals surface area contributed by atoms with Gasteiger partial charge in [-0.25, -0.2) is 0 Å². The molecule has 208 valence electrons. The van der Waals surface area contributed by atoms with Crippen molar-refractivity contribution < 1.29 is 0 Å². The first kappa shape index (κ1) is 36.9. The molecule has 0 N–H and O–H groups in total. The van der Waals surface area contributed by atoms with Gasteiger partial charge in [0.1, 0.15) is 0 Å². The molecule has 0 saturated carbocycles. The van der Waals surface area contributed by atoms with Gasteiger partial charge in [0.05, 0.1) is 0 Å². The highest BCUT2D eigenvalue weighted by Gasteiger charge is 2.32. The smallest absolute Gasteiger partial charge is 0.0122 e. The predicted octanol–water partition coefficient (Wildman–Crippen LogP) is 12.9. The molecule has 0 nitrogen and oxygen atoms in total. The molecule has 0 radical (unpaired) electrons. The summed E-state index contributed by atoms with van der Waals surface area (Å²) in [5.41, 5.74) is 0. The molecule has 0 aromatic rings. The molecule has 0 fully saturated rings. The van der Waals surface area contributed by atoms with E-state index >= 15 is 0 Å². The maximum atomic E-state index is 3.49. The molecular weight excluding hydrogens is 451 g/mol. The molecule has 0 aliphatic heterocycles. The van der Waals surface area contributed by atoms with Gasteiger partial charge in [0.2, 0.25) is 0 Å². The lowest BCUT2D eigenvalue weighted by molar-refractivity contribution is 0.270. The predicted molar refractivity (Wildman–Crippen MR) is 166 cm³/mol. The normalized spacial score (nSPS) is 12.6. The first-order chi connectivity index (χ1) is 16.1. The summed E-state index contributed by atoms with van der Waals surface area (Å²) in [5.74, 6) is 0.941. The number of unbranched alkanes of at least 4 members (excludes halogenated alkanes) is 18. The summed E-state index contributed by atoms with van der Waals surface area (Å²) in [4.78, 5) is 0. The van der Waals surface area contributed by atoms with Crippen molar-refractivity contribution in [2.45, 2.75) is 200 Å². The van der Waals surface area contributed by atoms with E-state index in [1.807, 2.05) is 0 Å². The van der Waals surface area contributed by atoms with Crippen LogP contribution in [0.3, 0.4) is 0 Å². The average molecular weight is 519 g/mol. The highest BCUT2D eigenvalue weighted by atomic mass is 35.5. The molecule has 0 aliphatic carbocycles. The summed E-state index contributed by atoms with van der Waals surface area (Å²) in [6.45, 7) is 9.36. The maximum absolute atomic E-state index is 3.49. The van der Waals surface area contributed by atoms with Crippen LogP contribution in [-0.4, -0.2) is 5.16 Å². The topological polar surface area (TPSA) is 0 Å². The Morgan fingerprint density at radius 1 is 0.412 bits per heavy atom. The van der Waals surface area contributed by atoms with Gasteiger partial charge in [-0.05, 0) is 36.8 Å². The number of halogens is 1. The van der Waals surface area contributed by atoms with Crippen LogP contribution in [0, 0.1) is 5.92 Å². The lowest BCUT2D eigenvalue weighted by atomic mass is 9.77. The summed E-state index contributed by atoms with van der Waals surface area (Å²) >= 11 is 0. The third-order valence-corrected chi connectivity index (χ3v) is 9.17. The Balaban J connectivity index is 0. The van der Waals surface area contributed by atoms with E-state index < -0.39 is 0 Å². The average Bonchev–Trinajstić information content (AvgIpc) is 2.82. The third-order valence-electron chi connectivity index (χ3n) is 8.12.